The molecule has 0 bridgehead atoms. The molecule has 0 saturated carbocycles. The third-order valence-electron chi connectivity index (χ3n) is 2.87. The zero-order valence-electron chi connectivity index (χ0n) is 11.1. The molecule has 0 saturated heterocycles. The summed E-state index contributed by atoms with van der Waals surface area (Å²) in [6.07, 6.45) is 1.26. The van der Waals surface area contributed by atoms with E-state index in [4.69, 9.17) is 9.84 Å². The van der Waals surface area contributed by atoms with Crippen molar-refractivity contribution in [1.82, 2.24) is 9.78 Å². The number of aromatic nitrogens is 2. The first-order chi connectivity index (χ1) is 9.54. The second kappa shape index (κ2) is 5.87. The van der Waals surface area contributed by atoms with Crippen molar-refractivity contribution in [2.24, 2.45) is 7.05 Å². The van der Waals surface area contributed by atoms with E-state index in [-0.39, 0.29) is 11.3 Å². The van der Waals surface area contributed by atoms with Crippen molar-refractivity contribution in [3.05, 3.63) is 41.7 Å². The van der Waals surface area contributed by atoms with Gasteiger partial charge in [0, 0.05) is 7.05 Å². The standard InChI is InChI=1S/C13H14N2O4S/c1-15-10(9(7-14-15)13(16)17)8-20(18)12-6-4-3-5-11(12)19-2/h3-7H,8H2,1-2H3,(H,16,17). The topological polar surface area (TPSA) is 81.4 Å². The number of benzene rings is 1. The van der Waals surface area contributed by atoms with Crippen molar-refractivity contribution in [3.8, 4) is 5.75 Å². The second-order valence-corrected chi connectivity index (χ2v) is 5.49. The molecule has 1 heterocycles. The Labute approximate surface area is 118 Å². The van der Waals surface area contributed by atoms with Crippen molar-refractivity contribution in [2.75, 3.05) is 7.11 Å². The summed E-state index contributed by atoms with van der Waals surface area (Å²) in [4.78, 5) is 11.6. The Balaban J connectivity index is 2.33. The smallest absolute Gasteiger partial charge is 0.339 e. The Bertz CT molecular complexity index is 666. The van der Waals surface area contributed by atoms with Gasteiger partial charge in [0.25, 0.3) is 0 Å². The Morgan fingerprint density at radius 3 is 2.80 bits per heavy atom. The largest absolute Gasteiger partial charge is 0.495 e. The van der Waals surface area contributed by atoms with Gasteiger partial charge in [-0.15, -0.1) is 0 Å². The van der Waals surface area contributed by atoms with Gasteiger partial charge in [-0.3, -0.25) is 8.89 Å². The Kier molecular flexibility index (Phi) is 4.19. The lowest BCUT2D eigenvalue weighted by Gasteiger charge is -2.08. The fraction of sp³-hybridized carbons (Fsp3) is 0.231. The third kappa shape index (κ3) is 2.72. The highest BCUT2D eigenvalue weighted by molar-refractivity contribution is 7.84. The molecule has 20 heavy (non-hydrogen) atoms. The number of rotatable bonds is 5. The summed E-state index contributed by atoms with van der Waals surface area (Å²) in [6.45, 7) is 0. The number of hydrogen-bond donors (Lipinski definition) is 1. The molecule has 1 aromatic heterocycles. The molecule has 1 aromatic carbocycles. The van der Waals surface area contributed by atoms with Gasteiger partial charge in [0.15, 0.2) is 0 Å². The second-order valence-electron chi connectivity index (χ2n) is 4.07. The number of carboxylic acids is 1. The maximum absolute atomic E-state index is 12.4. The predicted molar refractivity (Wildman–Crippen MR) is 73.3 cm³/mol. The van der Waals surface area contributed by atoms with Crippen LogP contribution in [-0.2, 0) is 23.6 Å². The van der Waals surface area contributed by atoms with Crippen LogP contribution in [-0.4, -0.2) is 32.2 Å². The van der Waals surface area contributed by atoms with Crippen LogP contribution in [0.1, 0.15) is 16.1 Å². The van der Waals surface area contributed by atoms with E-state index in [1.165, 1.54) is 18.0 Å². The molecule has 0 aliphatic rings. The maximum atomic E-state index is 12.4. The van der Waals surface area contributed by atoms with Crippen molar-refractivity contribution in [3.63, 3.8) is 0 Å². The Morgan fingerprint density at radius 1 is 1.45 bits per heavy atom. The summed E-state index contributed by atoms with van der Waals surface area (Å²) in [5.74, 6) is -0.492. The number of hydrogen-bond acceptors (Lipinski definition) is 4. The molecule has 0 aliphatic heterocycles. The van der Waals surface area contributed by atoms with Gasteiger partial charge in [-0.25, -0.2) is 4.79 Å². The van der Waals surface area contributed by atoms with Gasteiger partial charge < -0.3 is 9.84 Å². The van der Waals surface area contributed by atoms with E-state index in [1.54, 1.807) is 31.3 Å². The molecule has 1 N–H and O–H groups in total. The van der Waals surface area contributed by atoms with Crippen LogP contribution >= 0.6 is 0 Å². The SMILES string of the molecule is COc1ccccc1S(=O)Cc1c(C(=O)O)cnn1C. The molecule has 106 valence electrons. The molecular formula is C13H14N2O4S. The van der Waals surface area contributed by atoms with E-state index >= 15 is 0 Å². The number of para-hydroxylation sites is 1. The van der Waals surface area contributed by atoms with E-state index in [0.29, 0.717) is 16.3 Å². The van der Waals surface area contributed by atoms with Crippen LogP contribution in [0.5, 0.6) is 5.75 Å². The number of aryl methyl sites for hydroxylation is 1. The molecule has 0 amide bonds. The van der Waals surface area contributed by atoms with E-state index in [2.05, 4.69) is 5.10 Å². The summed E-state index contributed by atoms with van der Waals surface area (Å²) >= 11 is 0. The normalized spacial score (nSPS) is 12.1. The minimum atomic E-state index is -1.41. The average molecular weight is 294 g/mol. The molecule has 2 rings (SSSR count). The summed E-state index contributed by atoms with van der Waals surface area (Å²) in [5.41, 5.74) is 0.484. The predicted octanol–water partition coefficient (Wildman–Crippen LogP) is 1.43. The van der Waals surface area contributed by atoms with Crippen LogP contribution in [0.25, 0.3) is 0 Å². The number of nitrogens with zero attached hydrogens (tertiary/aromatic N) is 2. The number of methoxy groups -OCH3 is 1. The van der Waals surface area contributed by atoms with Crippen LogP contribution in [0.15, 0.2) is 35.4 Å². The summed E-state index contributed by atoms with van der Waals surface area (Å²) in [6, 6.07) is 6.96. The average Bonchev–Trinajstić information content (AvgIpc) is 2.80. The van der Waals surface area contributed by atoms with E-state index in [1.807, 2.05) is 0 Å². The molecule has 6 nitrogen and oxygen atoms in total. The molecule has 0 spiro atoms. The number of carboxylic acid groups (broad SMARTS) is 1. The van der Waals surface area contributed by atoms with E-state index in [9.17, 15) is 9.00 Å². The zero-order valence-corrected chi connectivity index (χ0v) is 11.9. The lowest BCUT2D eigenvalue weighted by Crippen LogP contribution is -2.09. The minimum absolute atomic E-state index is 0.0655. The maximum Gasteiger partial charge on any atom is 0.339 e. The van der Waals surface area contributed by atoms with E-state index < -0.39 is 16.8 Å². The first-order valence-electron chi connectivity index (χ1n) is 5.80. The van der Waals surface area contributed by atoms with Crippen molar-refractivity contribution < 1.29 is 18.8 Å². The quantitative estimate of drug-likeness (QED) is 0.902. The van der Waals surface area contributed by atoms with Gasteiger partial charge in [-0.05, 0) is 12.1 Å². The zero-order chi connectivity index (χ0) is 14.7. The molecular weight excluding hydrogens is 280 g/mol. The van der Waals surface area contributed by atoms with Crippen LogP contribution < -0.4 is 4.74 Å². The first kappa shape index (κ1) is 14.3. The lowest BCUT2D eigenvalue weighted by molar-refractivity contribution is 0.0696. The monoisotopic (exact) mass is 294 g/mol. The van der Waals surface area contributed by atoms with Crippen molar-refractivity contribution in [2.45, 2.75) is 10.6 Å². The van der Waals surface area contributed by atoms with Crippen LogP contribution in [0.4, 0.5) is 0 Å². The summed E-state index contributed by atoms with van der Waals surface area (Å²) in [5, 5.41) is 13.0. The fourth-order valence-electron chi connectivity index (χ4n) is 1.82. The molecule has 0 aliphatic carbocycles. The fourth-order valence-corrected chi connectivity index (χ4v) is 3.17. The van der Waals surface area contributed by atoms with Crippen LogP contribution in [0, 0.1) is 0 Å². The summed E-state index contributed by atoms with van der Waals surface area (Å²) < 4.78 is 19.0. The highest BCUT2D eigenvalue weighted by Crippen LogP contribution is 2.24. The number of aromatic carboxylic acids is 1. The molecule has 1 atom stereocenters. The molecule has 1 unspecified atom stereocenters. The highest BCUT2D eigenvalue weighted by Gasteiger charge is 2.19. The molecule has 0 fully saturated rings. The van der Waals surface area contributed by atoms with Crippen molar-refractivity contribution in [1.29, 1.82) is 0 Å². The molecule has 7 heteroatoms. The van der Waals surface area contributed by atoms with Gasteiger partial charge >= 0.3 is 5.97 Å². The Morgan fingerprint density at radius 2 is 2.15 bits per heavy atom. The minimum Gasteiger partial charge on any atom is -0.495 e. The highest BCUT2D eigenvalue weighted by atomic mass is 32.2. The molecule has 0 radical (unpaired) electrons. The van der Waals surface area contributed by atoms with Gasteiger partial charge in [0.05, 0.1) is 40.4 Å². The van der Waals surface area contributed by atoms with Gasteiger partial charge in [0.2, 0.25) is 0 Å². The lowest BCUT2D eigenvalue weighted by atomic mass is 10.3. The van der Waals surface area contributed by atoms with Gasteiger partial charge in [-0.2, -0.15) is 5.10 Å². The Hall–Kier alpha value is -2.15. The van der Waals surface area contributed by atoms with Gasteiger partial charge in [0.1, 0.15) is 11.3 Å². The number of ether oxygens (including phenoxy) is 1. The molecule has 2 aromatic rings. The first-order valence-corrected chi connectivity index (χ1v) is 7.12. The van der Waals surface area contributed by atoms with E-state index in [0.717, 1.165) is 0 Å². The van der Waals surface area contributed by atoms with Gasteiger partial charge in [-0.1, -0.05) is 12.1 Å². The summed E-state index contributed by atoms with van der Waals surface area (Å²) in [7, 11) is 1.72. The third-order valence-corrected chi connectivity index (χ3v) is 4.24. The van der Waals surface area contributed by atoms with Crippen molar-refractivity contribution >= 4 is 16.8 Å². The van der Waals surface area contributed by atoms with Crippen LogP contribution in [0.2, 0.25) is 0 Å². The number of carbonyl (C=O) groups is 1. The van der Waals surface area contributed by atoms with Crippen LogP contribution in [0.3, 0.4) is 0 Å².